The van der Waals surface area contributed by atoms with E-state index in [0.29, 0.717) is 18.1 Å². The van der Waals surface area contributed by atoms with Crippen molar-refractivity contribution in [3.63, 3.8) is 0 Å². The Morgan fingerprint density at radius 1 is 0.825 bits per heavy atom. The van der Waals surface area contributed by atoms with Crippen molar-refractivity contribution >= 4 is 40.5 Å². The summed E-state index contributed by atoms with van der Waals surface area (Å²) in [5.41, 5.74) is 15.0. The number of benzene rings is 3. The quantitative estimate of drug-likeness (QED) is 0.0706. The predicted octanol–water partition coefficient (Wildman–Crippen LogP) is 7.40. The highest BCUT2D eigenvalue weighted by Crippen LogP contribution is 2.58. The van der Waals surface area contributed by atoms with Gasteiger partial charge in [-0.1, -0.05) is 88.5 Å². The molecule has 2 fully saturated rings. The van der Waals surface area contributed by atoms with Gasteiger partial charge in [0, 0.05) is 24.7 Å². The molecule has 1 spiro atoms. The molecular weight excluding hydrogens is 799 g/mol. The second-order valence-corrected chi connectivity index (χ2v) is 17.5. The first kappa shape index (κ1) is 44.4. The molecule has 1 aliphatic heterocycles. The molecule has 15 heteroatoms. The smallest absolute Gasteiger partial charge is 0.407 e. The molecule has 1 aliphatic carbocycles. The van der Waals surface area contributed by atoms with Gasteiger partial charge >= 0.3 is 12.2 Å². The third-order valence-electron chi connectivity index (χ3n) is 12.1. The first-order valence-corrected chi connectivity index (χ1v) is 21.4. The van der Waals surface area contributed by atoms with E-state index in [9.17, 15) is 19.2 Å². The van der Waals surface area contributed by atoms with Crippen LogP contribution in [0.4, 0.5) is 9.59 Å². The lowest BCUT2D eigenvalue weighted by Crippen LogP contribution is -2.52. The zero-order chi connectivity index (χ0) is 45.2. The largest absolute Gasteiger partial charge is 0.453 e. The third kappa shape index (κ3) is 9.54. The molecule has 7 rings (SSSR count). The molecule has 1 saturated heterocycles. The Balaban J connectivity index is 1.06. The lowest BCUT2D eigenvalue weighted by Gasteiger charge is -2.30. The van der Waals surface area contributed by atoms with Gasteiger partial charge in [-0.2, -0.15) is 0 Å². The molecule has 6 N–H and O–H groups in total. The molecule has 63 heavy (non-hydrogen) atoms. The van der Waals surface area contributed by atoms with Crippen molar-refractivity contribution in [2.75, 3.05) is 27.3 Å². The van der Waals surface area contributed by atoms with E-state index in [4.69, 9.17) is 20.2 Å². The summed E-state index contributed by atoms with van der Waals surface area (Å²) < 4.78 is 9.59. The van der Waals surface area contributed by atoms with Crippen LogP contribution < -0.4 is 16.4 Å². The summed E-state index contributed by atoms with van der Waals surface area (Å²) in [6, 6.07) is 18.6. The molecule has 1 saturated carbocycles. The lowest BCUT2D eigenvalue weighted by molar-refractivity contribution is -0.135. The van der Waals surface area contributed by atoms with Crippen LogP contribution in [0.1, 0.15) is 71.6 Å². The summed E-state index contributed by atoms with van der Waals surface area (Å²) >= 11 is 0. The maximum Gasteiger partial charge on any atom is 0.407 e. The first-order valence-electron chi connectivity index (χ1n) is 21.4. The molecule has 3 aromatic carbocycles. The van der Waals surface area contributed by atoms with Crippen molar-refractivity contribution in [1.29, 1.82) is 0 Å². The number of alkyl carbamates (subject to hydrolysis) is 2. The summed E-state index contributed by atoms with van der Waals surface area (Å²) in [5.74, 6) is 0.262. The SMILES string of the molecule is C=C=C(c1ncc(-c2ccc(-c3ccc4cc(-c5cnc([C@@H]6CC7(CC7)CN6C(=O)[C@@H](NC(=O)OC)C(C)C)[nH]5)ccc4c3)cc2)[nH]1)N(C[C@H](C)N)C(=O)[C@@H](NC(=O)OC)C(C)C. The maximum absolute atomic E-state index is 13.9. The number of methoxy groups -OCH3 is 2. The number of nitrogens with two attached hydrogens (primary N) is 1. The minimum atomic E-state index is -0.880. The van der Waals surface area contributed by atoms with Crippen molar-refractivity contribution in [1.82, 2.24) is 40.4 Å². The Labute approximate surface area is 367 Å². The van der Waals surface area contributed by atoms with E-state index < -0.39 is 30.3 Å². The van der Waals surface area contributed by atoms with Crippen molar-refractivity contribution in [2.24, 2.45) is 23.0 Å². The molecule has 3 heterocycles. The zero-order valence-electron chi connectivity index (χ0n) is 37.0. The number of aromatic amines is 2. The number of nitrogens with one attached hydrogen (secondary N) is 4. The van der Waals surface area contributed by atoms with Crippen molar-refractivity contribution < 1.29 is 28.7 Å². The number of nitrogens with zero attached hydrogens (tertiary/aromatic N) is 4. The minimum absolute atomic E-state index is 0.108. The summed E-state index contributed by atoms with van der Waals surface area (Å²) in [6.45, 7) is 13.9. The second kappa shape index (κ2) is 18.3. The van der Waals surface area contributed by atoms with Gasteiger partial charge in [0.05, 0.1) is 44.0 Å². The summed E-state index contributed by atoms with van der Waals surface area (Å²) in [4.78, 5) is 71.6. The topological polar surface area (TPSA) is 201 Å². The number of H-pyrrole nitrogens is 2. The van der Waals surface area contributed by atoms with Gasteiger partial charge in [-0.05, 0) is 83.0 Å². The van der Waals surface area contributed by atoms with Crippen LogP contribution in [0.3, 0.4) is 0 Å². The Kier molecular flexibility index (Phi) is 12.9. The van der Waals surface area contributed by atoms with Gasteiger partial charge in [-0.25, -0.2) is 19.6 Å². The minimum Gasteiger partial charge on any atom is -0.453 e. The second-order valence-electron chi connectivity index (χ2n) is 17.5. The van der Waals surface area contributed by atoms with E-state index in [-0.39, 0.29) is 41.7 Å². The Morgan fingerprint density at radius 3 is 1.97 bits per heavy atom. The molecule has 15 nitrogen and oxygen atoms in total. The van der Waals surface area contributed by atoms with Crippen molar-refractivity contribution in [2.45, 2.75) is 78.0 Å². The summed E-state index contributed by atoms with van der Waals surface area (Å²) in [5, 5.41) is 7.53. The van der Waals surface area contributed by atoms with E-state index in [1.807, 2.05) is 50.9 Å². The van der Waals surface area contributed by atoms with Crippen LogP contribution in [-0.2, 0) is 19.1 Å². The van der Waals surface area contributed by atoms with Crippen LogP contribution >= 0.6 is 0 Å². The third-order valence-corrected chi connectivity index (χ3v) is 12.1. The molecule has 2 aromatic heterocycles. The first-order chi connectivity index (χ1) is 30.1. The number of rotatable bonds is 14. The summed E-state index contributed by atoms with van der Waals surface area (Å²) in [7, 11) is 2.55. The molecule has 0 unspecified atom stereocenters. The Morgan fingerprint density at radius 2 is 1.38 bits per heavy atom. The fourth-order valence-electron chi connectivity index (χ4n) is 8.38. The van der Waals surface area contributed by atoms with Gasteiger partial charge in [0.25, 0.3) is 5.91 Å². The van der Waals surface area contributed by atoms with Crippen LogP contribution in [0, 0.1) is 17.3 Å². The van der Waals surface area contributed by atoms with Crippen LogP contribution in [0.25, 0.3) is 50.1 Å². The summed E-state index contributed by atoms with van der Waals surface area (Å²) in [6.07, 6.45) is 5.18. The number of likely N-dealkylation sites (tertiary alicyclic amines) is 1. The highest BCUT2D eigenvalue weighted by molar-refractivity contribution is 5.93. The number of ether oxygens (including phenoxy) is 2. The van der Waals surface area contributed by atoms with Gasteiger partial charge in [0.15, 0.2) is 5.82 Å². The number of amides is 4. The highest BCUT2D eigenvalue weighted by Gasteiger charge is 2.55. The molecule has 330 valence electrons. The molecule has 2 aliphatic rings. The maximum atomic E-state index is 13.9. The number of carbonyl (C=O) groups excluding carboxylic acids is 4. The van der Waals surface area contributed by atoms with Crippen LogP contribution in [0.5, 0.6) is 0 Å². The van der Waals surface area contributed by atoms with E-state index in [2.05, 4.69) is 86.4 Å². The number of fused-ring (bicyclic) bond motifs is 1. The molecule has 4 amide bonds. The van der Waals surface area contributed by atoms with E-state index >= 15 is 0 Å². The normalized spacial score (nSPS) is 16.7. The van der Waals surface area contributed by atoms with Gasteiger partial charge in [-0.15, -0.1) is 0 Å². The number of carbonyl (C=O) groups is 4. The molecule has 5 aromatic rings. The fourth-order valence-corrected chi connectivity index (χ4v) is 8.38. The van der Waals surface area contributed by atoms with Crippen molar-refractivity contribution in [3.8, 4) is 33.6 Å². The van der Waals surface area contributed by atoms with E-state index in [1.54, 1.807) is 13.1 Å². The Hall–Kier alpha value is -6.70. The molecule has 0 radical (unpaired) electrons. The number of hydrogen-bond donors (Lipinski definition) is 5. The van der Waals surface area contributed by atoms with Crippen LogP contribution in [0.15, 0.2) is 85.4 Å². The van der Waals surface area contributed by atoms with Gasteiger partial charge in [0.2, 0.25) is 5.91 Å². The molecule has 4 atom stereocenters. The number of hydrogen-bond acceptors (Lipinski definition) is 9. The predicted molar refractivity (Wildman–Crippen MR) is 242 cm³/mol. The Bertz CT molecular complexity index is 2550. The monoisotopic (exact) mass is 855 g/mol. The van der Waals surface area contributed by atoms with Crippen molar-refractivity contribution in [3.05, 3.63) is 97.0 Å². The molecule has 0 bridgehead atoms. The van der Waals surface area contributed by atoms with Gasteiger partial charge < -0.3 is 40.7 Å². The number of imidazole rings is 2. The highest BCUT2D eigenvalue weighted by atomic mass is 16.5. The standard InChI is InChI=1S/C48H57N9O6/c1-9-38(56(25-29(6)49)44(58)40(27(2)3)54-46(60)62-7)42-50-23-36(52-42)31-12-10-30(11-13-31)32-14-15-34-21-35(17-16-33(34)20-32)37-24-51-43(53-37)39-22-48(18-19-48)26-57(39)45(59)41(28(4)5)55-47(61)63-8/h10-17,20-21,23-24,27-29,39-41H,1,18-19,22,25-26,49H2,2-8H3,(H,50,52)(H,51,53)(H,54,60)(H,55,61)/t29-,39-,40-,41-/m0/s1. The van der Waals surface area contributed by atoms with E-state index in [1.165, 1.54) is 19.1 Å². The van der Waals surface area contributed by atoms with Gasteiger partial charge in [0.1, 0.15) is 23.6 Å². The molecular formula is C48H57N9O6. The average Bonchev–Trinajstić information content (AvgIpc) is 3.59. The van der Waals surface area contributed by atoms with Gasteiger partial charge in [-0.3, -0.25) is 14.5 Å². The fraction of sp³-hybridized carbons (Fsp3) is 0.396. The lowest BCUT2D eigenvalue weighted by atomic mass is 9.98. The van der Waals surface area contributed by atoms with E-state index in [0.717, 1.165) is 69.5 Å². The van der Waals surface area contributed by atoms with Crippen LogP contribution in [0.2, 0.25) is 0 Å². The average molecular weight is 856 g/mol. The zero-order valence-corrected chi connectivity index (χ0v) is 37.0. The number of aromatic nitrogens is 4. The van der Waals surface area contributed by atoms with Crippen LogP contribution in [-0.4, -0.2) is 99.2 Å².